The normalized spacial score (nSPS) is 17.3. The molecule has 0 spiro atoms. The zero-order chi connectivity index (χ0) is 22.1. The predicted octanol–water partition coefficient (Wildman–Crippen LogP) is 3.75. The average Bonchev–Trinajstić information content (AvgIpc) is 3.51. The maximum absolute atomic E-state index is 12.5. The van der Waals surface area contributed by atoms with Gasteiger partial charge in [0, 0.05) is 30.6 Å². The van der Waals surface area contributed by atoms with E-state index in [2.05, 4.69) is 15.5 Å². The fourth-order valence-electron chi connectivity index (χ4n) is 3.70. The Morgan fingerprint density at radius 2 is 2.06 bits per heavy atom. The molecule has 1 fully saturated rings. The number of amides is 2. The summed E-state index contributed by atoms with van der Waals surface area (Å²) < 4.78 is 10.6. The molecule has 8 nitrogen and oxygen atoms in total. The van der Waals surface area contributed by atoms with Gasteiger partial charge in [0.1, 0.15) is 5.01 Å². The van der Waals surface area contributed by atoms with Crippen molar-refractivity contribution >= 4 is 40.0 Å². The lowest BCUT2D eigenvalue weighted by Crippen LogP contribution is -2.24. The van der Waals surface area contributed by atoms with Gasteiger partial charge in [-0.05, 0) is 48.4 Å². The van der Waals surface area contributed by atoms with Gasteiger partial charge in [-0.15, -0.1) is 10.2 Å². The summed E-state index contributed by atoms with van der Waals surface area (Å²) in [5.74, 6) is 1.06. The van der Waals surface area contributed by atoms with Crippen LogP contribution < -0.4 is 19.7 Å². The van der Waals surface area contributed by atoms with Gasteiger partial charge in [-0.2, -0.15) is 0 Å². The lowest BCUT2D eigenvalue weighted by molar-refractivity contribution is -0.117. The molecule has 1 N–H and O–H groups in total. The highest BCUT2D eigenvalue weighted by Crippen LogP contribution is 2.35. The van der Waals surface area contributed by atoms with Crippen LogP contribution in [0.3, 0.4) is 0 Å². The van der Waals surface area contributed by atoms with Crippen LogP contribution in [0.1, 0.15) is 28.5 Å². The summed E-state index contributed by atoms with van der Waals surface area (Å²) in [6.07, 6.45) is 3.49. The standard InChI is InChI=1S/C23H20N4O4S/c1-14-3-2-4-17(9-14)27-12-16(11-21(27)29)22-25-26-23(32-22)24-20(28)8-6-15-5-7-18-19(10-15)31-13-30-18/h2-10,16H,11-13H2,1H3,(H,24,26,28)/b8-6+. The molecule has 0 aliphatic carbocycles. The Morgan fingerprint density at radius 1 is 1.19 bits per heavy atom. The Hall–Kier alpha value is -3.72. The molecule has 162 valence electrons. The van der Waals surface area contributed by atoms with Crippen LogP contribution in [0, 0.1) is 6.92 Å². The van der Waals surface area contributed by atoms with Crippen molar-refractivity contribution in [2.45, 2.75) is 19.3 Å². The summed E-state index contributed by atoms with van der Waals surface area (Å²) in [5.41, 5.74) is 2.82. The van der Waals surface area contributed by atoms with Crippen LogP contribution in [0.2, 0.25) is 0 Å². The molecule has 1 atom stereocenters. The highest BCUT2D eigenvalue weighted by Gasteiger charge is 2.34. The molecule has 32 heavy (non-hydrogen) atoms. The lowest BCUT2D eigenvalue weighted by Gasteiger charge is -2.16. The van der Waals surface area contributed by atoms with Crippen LogP contribution in [0.5, 0.6) is 11.5 Å². The first-order valence-corrected chi connectivity index (χ1v) is 11.0. The molecule has 1 saturated heterocycles. The number of benzene rings is 2. The molecule has 2 aliphatic heterocycles. The predicted molar refractivity (Wildman–Crippen MR) is 121 cm³/mol. The molecule has 2 aliphatic rings. The second kappa shape index (κ2) is 8.43. The van der Waals surface area contributed by atoms with Crippen molar-refractivity contribution < 1.29 is 19.1 Å². The molecule has 5 rings (SSSR count). The highest BCUT2D eigenvalue weighted by atomic mass is 32.1. The maximum atomic E-state index is 12.5. The molecule has 0 saturated carbocycles. The first-order chi connectivity index (χ1) is 15.5. The summed E-state index contributed by atoms with van der Waals surface area (Å²) in [7, 11) is 0. The minimum Gasteiger partial charge on any atom is -0.454 e. The van der Waals surface area contributed by atoms with E-state index in [-0.39, 0.29) is 24.5 Å². The summed E-state index contributed by atoms with van der Waals surface area (Å²) >= 11 is 1.30. The van der Waals surface area contributed by atoms with Crippen molar-refractivity contribution in [3.05, 3.63) is 64.7 Å². The van der Waals surface area contributed by atoms with Crippen LogP contribution in [0.15, 0.2) is 48.5 Å². The second-order valence-electron chi connectivity index (χ2n) is 7.63. The Labute approximate surface area is 188 Å². The lowest BCUT2D eigenvalue weighted by atomic mass is 10.1. The van der Waals surface area contributed by atoms with Gasteiger partial charge in [0.25, 0.3) is 0 Å². The summed E-state index contributed by atoms with van der Waals surface area (Å²) in [5, 5.41) is 12.2. The molecule has 1 unspecified atom stereocenters. The zero-order valence-electron chi connectivity index (χ0n) is 17.3. The molecule has 2 aromatic carbocycles. The summed E-state index contributed by atoms with van der Waals surface area (Å²) in [4.78, 5) is 26.6. The number of anilines is 2. The van der Waals surface area contributed by atoms with Crippen LogP contribution in [-0.2, 0) is 9.59 Å². The van der Waals surface area contributed by atoms with Crippen LogP contribution in [-0.4, -0.2) is 35.3 Å². The molecule has 3 heterocycles. The third kappa shape index (κ3) is 4.19. The molecule has 0 radical (unpaired) electrons. The fourth-order valence-corrected chi connectivity index (χ4v) is 4.54. The van der Waals surface area contributed by atoms with Crippen molar-refractivity contribution in [3.8, 4) is 11.5 Å². The SMILES string of the molecule is Cc1cccc(N2CC(c3nnc(NC(=O)/C=C/c4ccc5c(c4)OCO5)s3)CC2=O)c1. The largest absolute Gasteiger partial charge is 0.454 e. The minimum atomic E-state index is -0.311. The van der Waals surface area contributed by atoms with Crippen molar-refractivity contribution in [2.75, 3.05) is 23.6 Å². The Kier molecular flexibility index (Phi) is 5.32. The number of carbonyl (C=O) groups is 2. The first kappa shape index (κ1) is 20.2. The van der Waals surface area contributed by atoms with Gasteiger partial charge in [0.05, 0.1) is 0 Å². The van der Waals surface area contributed by atoms with E-state index < -0.39 is 0 Å². The molecule has 3 aromatic rings. The third-order valence-corrected chi connectivity index (χ3v) is 6.28. The molecule has 1 aromatic heterocycles. The number of nitrogens with one attached hydrogen (secondary N) is 1. The van der Waals surface area contributed by atoms with Gasteiger partial charge >= 0.3 is 0 Å². The number of nitrogens with zero attached hydrogens (tertiary/aromatic N) is 3. The molecule has 9 heteroatoms. The minimum absolute atomic E-state index is 0.0460. The Bertz CT molecular complexity index is 1220. The summed E-state index contributed by atoms with van der Waals surface area (Å²) in [6.45, 7) is 2.76. The van der Waals surface area contributed by atoms with Gasteiger partial charge in [-0.1, -0.05) is 29.5 Å². The van der Waals surface area contributed by atoms with E-state index in [4.69, 9.17) is 9.47 Å². The number of rotatable bonds is 5. The fraction of sp³-hybridized carbons (Fsp3) is 0.217. The Morgan fingerprint density at radius 3 is 2.94 bits per heavy atom. The van der Waals surface area contributed by atoms with Crippen LogP contribution in [0.25, 0.3) is 6.08 Å². The summed E-state index contributed by atoms with van der Waals surface area (Å²) in [6, 6.07) is 13.3. The first-order valence-electron chi connectivity index (χ1n) is 10.1. The number of aromatic nitrogens is 2. The van der Waals surface area contributed by atoms with Gasteiger partial charge < -0.3 is 14.4 Å². The second-order valence-corrected chi connectivity index (χ2v) is 8.63. The molecule has 0 bridgehead atoms. The maximum Gasteiger partial charge on any atom is 0.250 e. The van der Waals surface area contributed by atoms with Gasteiger partial charge in [-0.3, -0.25) is 14.9 Å². The topological polar surface area (TPSA) is 93.7 Å². The van der Waals surface area contributed by atoms with Gasteiger partial charge in [0.2, 0.25) is 23.7 Å². The number of hydrogen-bond acceptors (Lipinski definition) is 7. The number of carbonyl (C=O) groups excluding carboxylic acids is 2. The molecule has 2 amide bonds. The molecular formula is C23H20N4O4S. The zero-order valence-corrected chi connectivity index (χ0v) is 18.1. The van der Waals surface area contributed by atoms with E-state index in [1.807, 2.05) is 43.3 Å². The highest BCUT2D eigenvalue weighted by molar-refractivity contribution is 7.15. The van der Waals surface area contributed by atoms with Crippen molar-refractivity contribution in [2.24, 2.45) is 0 Å². The third-order valence-electron chi connectivity index (χ3n) is 5.28. The van der Waals surface area contributed by atoms with E-state index >= 15 is 0 Å². The number of ether oxygens (including phenoxy) is 2. The van der Waals surface area contributed by atoms with Gasteiger partial charge in [0.15, 0.2) is 11.5 Å². The number of hydrogen-bond donors (Lipinski definition) is 1. The van der Waals surface area contributed by atoms with E-state index in [1.165, 1.54) is 17.4 Å². The average molecular weight is 449 g/mol. The number of aryl methyl sites for hydroxylation is 1. The van der Waals surface area contributed by atoms with E-state index in [0.29, 0.717) is 29.6 Å². The van der Waals surface area contributed by atoms with Crippen molar-refractivity contribution in [3.63, 3.8) is 0 Å². The van der Waals surface area contributed by atoms with E-state index in [9.17, 15) is 9.59 Å². The van der Waals surface area contributed by atoms with E-state index in [0.717, 1.165) is 21.8 Å². The monoisotopic (exact) mass is 448 g/mol. The van der Waals surface area contributed by atoms with Crippen LogP contribution >= 0.6 is 11.3 Å². The van der Waals surface area contributed by atoms with Crippen molar-refractivity contribution in [1.82, 2.24) is 10.2 Å². The number of fused-ring (bicyclic) bond motifs is 1. The van der Waals surface area contributed by atoms with E-state index in [1.54, 1.807) is 17.0 Å². The quantitative estimate of drug-likeness (QED) is 0.598. The smallest absolute Gasteiger partial charge is 0.250 e. The van der Waals surface area contributed by atoms with Gasteiger partial charge in [-0.25, -0.2) is 0 Å². The Balaban J connectivity index is 1.21. The molecular weight excluding hydrogens is 428 g/mol. The van der Waals surface area contributed by atoms with Crippen LogP contribution in [0.4, 0.5) is 10.8 Å². The van der Waals surface area contributed by atoms with Crippen molar-refractivity contribution in [1.29, 1.82) is 0 Å².